The summed E-state index contributed by atoms with van der Waals surface area (Å²) in [4.78, 5) is 23.3. The molecule has 22 heavy (non-hydrogen) atoms. The second kappa shape index (κ2) is 7.98. The van der Waals surface area contributed by atoms with E-state index >= 15 is 0 Å². The SMILES string of the molecule is CCC(Oc1ccccc1)C(=O)C(O[C]=O)c1ccccc1. The van der Waals surface area contributed by atoms with Gasteiger partial charge in [0.1, 0.15) is 5.75 Å². The van der Waals surface area contributed by atoms with Crippen LogP contribution in [0, 0.1) is 0 Å². The molecule has 0 bridgehead atoms. The highest BCUT2D eigenvalue weighted by Gasteiger charge is 2.30. The third-order valence-electron chi connectivity index (χ3n) is 3.24. The Morgan fingerprint density at radius 3 is 2.18 bits per heavy atom. The normalized spacial score (nSPS) is 13.0. The second-order valence-corrected chi connectivity index (χ2v) is 4.72. The van der Waals surface area contributed by atoms with E-state index in [2.05, 4.69) is 0 Å². The van der Waals surface area contributed by atoms with Crippen LogP contribution >= 0.6 is 0 Å². The molecular formula is C18H17O4. The topological polar surface area (TPSA) is 52.6 Å². The summed E-state index contributed by atoms with van der Waals surface area (Å²) in [6.07, 6.45) is -1.23. The highest BCUT2D eigenvalue weighted by atomic mass is 16.5. The van der Waals surface area contributed by atoms with E-state index in [-0.39, 0.29) is 5.78 Å². The van der Waals surface area contributed by atoms with Gasteiger partial charge in [-0.25, -0.2) is 4.79 Å². The van der Waals surface area contributed by atoms with Crippen molar-refractivity contribution in [2.75, 3.05) is 0 Å². The van der Waals surface area contributed by atoms with E-state index < -0.39 is 12.2 Å². The van der Waals surface area contributed by atoms with E-state index in [1.165, 1.54) is 6.47 Å². The summed E-state index contributed by atoms with van der Waals surface area (Å²) in [5.41, 5.74) is 0.603. The van der Waals surface area contributed by atoms with Gasteiger partial charge in [0.2, 0.25) is 5.78 Å². The van der Waals surface area contributed by atoms with Crippen molar-refractivity contribution < 1.29 is 19.1 Å². The van der Waals surface area contributed by atoms with Crippen LogP contribution in [0.5, 0.6) is 5.75 Å². The van der Waals surface area contributed by atoms with Gasteiger partial charge in [0, 0.05) is 5.56 Å². The average Bonchev–Trinajstić information content (AvgIpc) is 2.58. The number of ketones is 1. The molecule has 0 fully saturated rings. The molecule has 1 radical (unpaired) electrons. The minimum atomic E-state index is -1.01. The van der Waals surface area contributed by atoms with Gasteiger partial charge >= 0.3 is 6.47 Å². The monoisotopic (exact) mass is 297 g/mol. The van der Waals surface area contributed by atoms with Crippen LogP contribution in [0.1, 0.15) is 25.0 Å². The van der Waals surface area contributed by atoms with Crippen molar-refractivity contribution in [3.05, 3.63) is 66.2 Å². The third-order valence-corrected chi connectivity index (χ3v) is 3.24. The fraction of sp³-hybridized carbons (Fsp3) is 0.222. The molecule has 0 spiro atoms. The standard InChI is InChI=1S/C18H17O4/c1-2-16(22-15-11-7-4-8-12-15)17(20)18(21-13-19)14-9-5-3-6-10-14/h3-12,16,18H,2H2,1H3. The van der Waals surface area contributed by atoms with E-state index in [4.69, 9.17) is 9.47 Å². The average molecular weight is 297 g/mol. The Balaban J connectivity index is 2.19. The molecule has 2 unspecified atom stereocenters. The van der Waals surface area contributed by atoms with Crippen molar-refractivity contribution in [1.82, 2.24) is 0 Å². The van der Waals surface area contributed by atoms with E-state index in [0.717, 1.165) is 0 Å². The third kappa shape index (κ3) is 3.95. The first-order valence-electron chi connectivity index (χ1n) is 7.09. The lowest BCUT2D eigenvalue weighted by Crippen LogP contribution is -2.32. The molecule has 2 rings (SSSR count). The number of carbonyl (C=O) groups is 1. The number of hydrogen-bond donors (Lipinski definition) is 0. The molecule has 0 heterocycles. The van der Waals surface area contributed by atoms with Gasteiger partial charge in [0.25, 0.3) is 0 Å². The molecule has 2 atom stereocenters. The number of carbonyl (C=O) groups excluding carboxylic acids is 2. The van der Waals surface area contributed by atoms with Gasteiger partial charge in [-0.3, -0.25) is 4.79 Å². The summed E-state index contributed by atoms with van der Waals surface area (Å²) in [5, 5.41) is 0. The first-order chi connectivity index (χ1) is 10.8. The van der Waals surface area contributed by atoms with Gasteiger partial charge in [0.05, 0.1) is 0 Å². The van der Waals surface area contributed by atoms with Crippen LogP contribution in [0.25, 0.3) is 0 Å². The Morgan fingerprint density at radius 2 is 1.64 bits per heavy atom. The summed E-state index contributed by atoms with van der Waals surface area (Å²) in [6, 6.07) is 17.9. The van der Waals surface area contributed by atoms with Crippen LogP contribution < -0.4 is 4.74 Å². The number of para-hydroxylation sites is 1. The van der Waals surface area contributed by atoms with Crippen LogP contribution in [0.3, 0.4) is 0 Å². The van der Waals surface area contributed by atoms with Crippen LogP contribution in [0.4, 0.5) is 0 Å². The molecule has 2 aromatic carbocycles. The van der Waals surface area contributed by atoms with Crippen LogP contribution in [-0.2, 0) is 14.3 Å². The predicted molar refractivity (Wildman–Crippen MR) is 82.1 cm³/mol. The maximum atomic E-state index is 12.6. The smallest absolute Gasteiger partial charge is 0.418 e. The molecule has 0 aliphatic carbocycles. The van der Waals surface area contributed by atoms with Crippen LogP contribution in [-0.4, -0.2) is 18.4 Å². The summed E-state index contributed by atoms with van der Waals surface area (Å²) >= 11 is 0. The van der Waals surface area contributed by atoms with Gasteiger partial charge in [-0.1, -0.05) is 55.5 Å². The van der Waals surface area contributed by atoms with Crippen LogP contribution in [0.2, 0.25) is 0 Å². The lowest BCUT2D eigenvalue weighted by molar-refractivity contribution is -0.134. The van der Waals surface area contributed by atoms with Gasteiger partial charge in [-0.05, 0) is 18.6 Å². The zero-order valence-electron chi connectivity index (χ0n) is 12.3. The molecule has 0 aliphatic rings. The number of Topliss-reactive ketones (excluding diaryl/α,β-unsaturated/α-hetero) is 1. The Kier molecular flexibility index (Phi) is 5.72. The molecular weight excluding hydrogens is 280 g/mol. The number of benzene rings is 2. The molecule has 0 aromatic heterocycles. The predicted octanol–water partition coefficient (Wildman–Crippen LogP) is 3.24. The Labute approximate surface area is 129 Å². The van der Waals surface area contributed by atoms with Crippen molar-refractivity contribution >= 4 is 12.3 Å². The molecule has 0 aliphatic heterocycles. The second-order valence-electron chi connectivity index (χ2n) is 4.72. The zero-order valence-corrected chi connectivity index (χ0v) is 12.3. The quantitative estimate of drug-likeness (QED) is 0.750. The molecule has 0 saturated carbocycles. The molecule has 4 nitrogen and oxygen atoms in total. The van der Waals surface area contributed by atoms with Crippen molar-refractivity contribution in [3.63, 3.8) is 0 Å². The van der Waals surface area contributed by atoms with E-state index in [0.29, 0.717) is 17.7 Å². The molecule has 113 valence electrons. The minimum Gasteiger partial charge on any atom is -0.483 e. The van der Waals surface area contributed by atoms with Gasteiger partial charge in [-0.2, -0.15) is 0 Å². The molecule has 0 saturated heterocycles. The summed E-state index contributed by atoms with van der Waals surface area (Å²) in [6.45, 7) is 3.21. The summed E-state index contributed by atoms with van der Waals surface area (Å²) in [7, 11) is 0. The highest BCUT2D eigenvalue weighted by Crippen LogP contribution is 2.23. The fourth-order valence-electron chi connectivity index (χ4n) is 2.14. The van der Waals surface area contributed by atoms with E-state index in [1.54, 1.807) is 36.4 Å². The van der Waals surface area contributed by atoms with Crippen molar-refractivity contribution in [1.29, 1.82) is 0 Å². The fourth-order valence-corrected chi connectivity index (χ4v) is 2.14. The molecule has 0 N–H and O–H groups in total. The zero-order chi connectivity index (χ0) is 15.8. The molecule has 2 aromatic rings. The number of hydrogen-bond acceptors (Lipinski definition) is 4. The Hall–Kier alpha value is -2.62. The number of rotatable bonds is 8. The lowest BCUT2D eigenvalue weighted by Gasteiger charge is -2.21. The first-order valence-corrected chi connectivity index (χ1v) is 7.09. The Morgan fingerprint density at radius 1 is 1.05 bits per heavy atom. The largest absolute Gasteiger partial charge is 0.483 e. The van der Waals surface area contributed by atoms with Gasteiger partial charge < -0.3 is 9.47 Å². The van der Waals surface area contributed by atoms with Crippen molar-refractivity contribution in [3.8, 4) is 5.75 Å². The van der Waals surface area contributed by atoms with Gasteiger partial charge in [-0.15, -0.1) is 0 Å². The number of ether oxygens (including phenoxy) is 2. The van der Waals surface area contributed by atoms with Crippen molar-refractivity contribution in [2.45, 2.75) is 25.6 Å². The first kappa shape index (κ1) is 15.8. The highest BCUT2D eigenvalue weighted by molar-refractivity contribution is 5.89. The molecule has 4 heteroatoms. The van der Waals surface area contributed by atoms with Crippen LogP contribution in [0.15, 0.2) is 60.7 Å². The minimum absolute atomic E-state index is 0.305. The van der Waals surface area contributed by atoms with E-state index in [1.807, 2.05) is 31.2 Å². The maximum absolute atomic E-state index is 12.6. The lowest BCUT2D eigenvalue weighted by atomic mass is 10.0. The molecule has 0 amide bonds. The van der Waals surface area contributed by atoms with Gasteiger partial charge in [0.15, 0.2) is 12.2 Å². The maximum Gasteiger partial charge on any atom is 0.418 e. The Bertz CT molecular complexity index is 595. The summed E-state index contributed by atoms with van der Waals surface area (Å²) < 4.78 is 10.6. The summed E-state index contributed by atoms with van der Waals surface area (Å²) in [5.74, 6) is 0.297. The van der Waals surface area contributed by atoms with E-state index in [9.17, 15) is 9.59 Å². The van der Waals surface area contributed by atoms with Crippen molar-refractivity contribution in [2.24, 2.45) is 0 Å².